The summed E-state index contributed by atoms with van der Waals surface area (Å²) in [5, 5.41) is 9.17. The maximum Gasteiger partial charge on any atom is 0.416 e. The summed E-state index contributed by atoms with van der Waals surface area (Å²) in [6, 6.07) is 4.38. The summed E-state index contributed by atoms with van der Waals surface area (Å²) in [5.74, 6) is -0.192. The molecule has 8 heteroatoms. The first-order chi connectivity index (χ1) is 12.4. The Bertz CT molecular complexity index is 754. The van der Waals surface area contributed by atoms with E-state index in [0.29, 0.717) is 18.5 Å². The second-order valence-corrected chi connectivity index (χ2v) is 6.27. The number of aliphatic hydroxyl groups is 1. The van der Waals surface area contributed by atoms with E-state index in [4.69, 9.17) is 9.52 Å². The zero-order chi connectivity index (χ0) is 18.7. The van der Waals surface area contributed by atoms with Gasteiger partial charge >= 0.3 is 6.18 Å². The largest absolute Gasteiger partial charge is 0.444 e. The lowest BCUT2D eigenvalue weighted by atomic mass is 9.99. The number of carbonyl (C=O) groups excluding carboxylic acids is 1. The lowest BCUT2D eigenvalue weighted by molar-refractivity contribution is -0.137. The average Bonchev–Trinajstić information content (AvgIpc) is 3.11. The van der Waals surface area contributed by atoms with Crippen molar-refractivity contribution < 1.29 is 27.5 Å². The van der Waals surface area contributed by atoms with Crippen molar-refractivity contribution in [2.75, 3.05) is 13.2 Å². The first-order valence-electron chi connectivity index (χ1n) is 8.45. The van der Waals surface area contributed by atoms with Crippen molar-refractivity contribution in [3.8, 4) is 11.5 Å². The van der Waals surface area contributed by atoms with E-state index in [1.165, 1.54) is 18.4 Å². The van der Waals surface area contributed by atoms with Crippen LogP contribution in [0.15, 0.2) is 34.9 Å². The number of nitrogens with zero attached hydrogens (tertiary/aromatic N) is 2. The van der Waals surface area contributed by atoms with E-state index >= 15 is 0 Å². The standard InChI is InChI=1S/C18H19F3N2O3/c19-18(20,21)13-6-4-12(5-7-13)16-22-15(11-26-16)17(25)23-9-2-1-3-14(23)8-10-24/h4-7,11,14,24H,1-3,8-10H2. The van der Waals surface area contributed by atoms with Crippen molar-refractivity contribution in [2.24, 2.45) is 0 Å². The smallest absolute Gasteiger partial charge is 0.416 e. The van der Waals surface area contributed by atoms with Crippen LogP contribution in [0, 0.1) is 0 Å². The number of likely N-dealkylation sites (tertiary alicyclic amines) is 1. The molecule has 1 unspecified atom stereocenters. The van der Waals surface area contributed by atoms with Gasteiger partial charge in [-0.15, -0.1) is 0 Å². The second kappa shape index (κ2) is 7.49. The molecule has 5 nitrogen and oxygen atoms in total. The number of oxazole rings is 1. The lowest BCUT2D eigenvalue weighted by Crippen LogP contribution is -2.44. The molecule has 0 bridgehead atoms. The summed E-state index contributed by atoms with van der Waals surface area (Å²) >= 11 is 0. The molecule has 0 saturated carbocycles. The SMILES string of the molecule is O=C(c1coc(-c2ccc(C(F)(F)F)cc2)n1)N1CCCCC1CCO. The van der Waals surface area contributed by atoms with Gasteiger partial charge in [0.25, 0.3) is 5.91 Å². The molecule has 1 aromatic heterocycles. The molecular formula is C18H19F3N2O3. The number of alkyl halides is 3. The number of hydrogen-bond acceptors (Lipinski definition) is 4. The summed E-state index contributed by atoms with van der Waals surface area (Å²) in [5.41, 5.74) is -0.281. The molecule has 1 saturated heterocycles. The first kappa shape index (κ1) is 18.4. The van der Waals surface area contributed by atoms with Gasteiger partial charge in [-0.25, -0.2) is 4.98 Å². The second-order valence-electron chi connectivity index (χ2n) is 6.27. The van der Waals surface area contributed by atoms with Crippen LogP contribution >= 0.6 is 0 Å². The van der Waals surface area contributed by atoms with Crippen LogP contribution in [0.4, 0.5) is 13.2 Å². The predicted octanol–water partition coefficient (Wildman–Crippen LogP) is 3.74. The van der Waals surface area contributed by atoms with Crippen molar-refractivity contribution >= 4 is 5.91 Å². The van der Waals surface area contributed by atoms with Gasteiger partial charge in [0.1, 0.15) is 6.26 Å². The highest BCUT2D eigenvalue weighted by molar-refractivity contribution is 5.92. The van der Waals surface area contributed by atoms with Crippen LogP contribution in [0.1, 0.15) is 41.7 Å². The Morgan fingerprint density at radius 2 is 2.00 bits per heavy atom. The van der Waals surface area contributed by atoms with Gasteiger partial charge in [0.05, 0.1) is 5.56 Å². The van der Waals surface area contributed by atoms with E-state index in [1.807, 2.05) is 0 Å². The molecule has 3 rings (SSSR count). The van der Waals surface area contributed by atoms with E-state index in [9.17, 15) is 18.0 Å². The monoisotopic (exact) mass is 368 g/mol. The van der Waals surface area contributed by atoms with Crippen LogP contribution in [0.3, 0.4) is 0 Å². The van der Waals surface area contributed by atoms with Crippen molar-refractivity contribution in [1.82, 2.24) is 9.88 Å². The highest BCUT2D eigenvalue weighted by Crippen LogP contribution is 2.31. The fourth-order valence-corrected chi connectivity index (χ4v) is 3.17. The molecule has 1 aliphatic rings. The van der Waals surface area contributed by atoms with Gasteiger partial charge < -0.3 is 14.4 Å². The van der Waals surface area contributed by atoms with E-state index in [2.05, 4.69) is 4.98 Å². The Labute approximate surface area is 148 Å². The minimum Gasteiger partial charge on any atom is -0.444 e. The quantitative estimate of drug-likeness (QED) is 0.893. The molecule has 1 aliphatic heterocycles. The molecule has 1 amide bonds. The van der Waals surface area contributed by atoms with Gasteiger partial charge in [0.2, 0.25) is 5.89 Å². The maximum atomic E-state index is 12.7. The normalized spacial score (nSPS) is 18.2. The van der Waals surface area contributed by atoms with Crippen LogP contribution in [0.2, 0.25) is 0 Å². The van der Waals surface area contributed by atoms with Crippen LogP contribution in [0.5, 0.6) is 0 Å². The van der Waals surface area contributed by atoms with Crippen molar-refractivity contribution in [3.63, 3.8) is 0 Å². The third-order valence-electron chi connectivity index (χ3n) is 4.53. The Kier molecular flexibility index (Phi) is 5.31. The molecule has 1 N–H and O–H groups in total. The summed E-state index contributed by atoms with van der Waals surface area (Å²) in [7, 11) is 0. The molecule has 140 valence electrons. The number of rotatable bonds is 4. The zero-order valence-corrected chi connectivity index (χ0v) is 14.0. The van der Waals surface area contributed by atoms with E-state index < -0.39 is 11.7 Å². The topological polar surface area (TPSA) is 66.6 Å². The Morgan fingerprint density at radius 1 is 1.27 bits per heavy atom. The van der Waals surface area contributed by atoms with Gasteiger partial charge in [-0.2, -0.15) is 13.2 Å². The first-order valence-corrected chi connectivity index (χ1v) is 8.45. The third kappa shape index (κ3) is 3.90. The van der Waals surface area contributed by atoms with E-state index in [-0.39, 0.29) is 30.1 Å². The number of carbonyl (C=O) groups is 1. The molecular weight excluding hydrogens is 349 g/mol. The molecule has 2 heterocycles. The summed E-state index contributed by atoms with van der Waals surface area (Å²) in [4.78, 5) is 18.5. The van der Waals surface area contributed by atoms with Gasteiger partial charge in [0.15, 0.2) is 5.69 Å². The number of benzene rings is 1. The average molecular weight is 368 g/mol. The van der Waals surface area contributed by atoms with Crippen LogP contribution in [-0.2, 0) is 6.18 Å². The number of aromatic nitrogens is 1. The zero-order valence-electron chi connectivity index (χ0n) is 14.0. The molecule has 1 atom stereocenters. The van der Waals surface area contributed by atoms with Crippen LogP contribution in [-0.4, -0.2) is 40.1 Å². The molecule has 0 radical (unpaired) electrons. The Balaban J connectivity index is 1.77. The highest BCUT2D eigenvalue weighted by atomic mass is 19.4. The van der Waals surface area contributed by atoms with E-state index in [0.717, 1.165) is 31.4 Å². The van der Waals surface area contributed by atoms with Gasteiger partial charge in [0, 0.05) is 24.8 Å². The molecule has 26 heavy (non-hydrogen) atoms. The third-order valence-corrected chi connectivity index (χ3v) is 4.53. The minimum absolute atomic E-state index is 0.00403. The molecule has 1 fully saturated rings. The highest BCUT2D eigenvalue weighted by Gasteiger charge is 2.31. The van der Waals surface area contributed by atoms with Crippen molar-refractivity contribution in [2.45, 2.75) is 37.9 Å². The van der Waals surface area contributed by atoms with Crippen molar-refractivity contribution in [1.29, 1.82) is 0 Å². The Hall–Kier alpha value is -2.35. The number of piperidine rings is 1. The predicted molar refractivity (Wildman–Crippen MR) is 87.3 cm³/mol. The van der Waals surface area contributed by atoms with Crippen LogP contribution in [0.25, 0.3) is 11.5 Å². The molecule has 1 aromatic carbocycles. The lowest BCUT2D eigenvalue weighted by Gasteiger charge is -2.35. The molecule has 2 aromatic rings. The van der Waals surface area contributed by atoms with Gasteiger partial charge in [-0.1, -0.05) is 0 Å². The van der Waals surface area contributed by atoms with Crippen LogP contribution < -0.4 is 0 Å². The summed E-state index contributed by atoms with van der Waals surface area (Å²) in [6.45, 7) is 0.593. The minimum atomic E-state index is -4.41. The maximum absolute atomic E-state index is 12.7. The van der Waals surface area contributed by atoms with Crippen molar-refractivity contribution in [3.05, 3.63) is 41.8 Å². The Morgan fingerprint density at radius 3 is 2.65 bits per heavy atom. The summed E-state index contributed by atoms with van der Waals surface area (Å²) in [6.07, 6.45) is 0.0405. The number of halogens is 3. The number of hydrogen-bond donors (Lipinski definition) is 1. The molecule has 0 spiro atoms. The van der Waals surface area contributed by atoms with E-state index in [1.54, 1.807) is 4.90 Å². The van der Waals surface area contributed by atoms with Gasteiger partial charge in [-0.05, 0) is 49.9 Å². The fourth-order valence-electron chi connectivity index (χ4n) is 3.17. The number of aliphatic hydroxyl groups excluding tert-OH is 1. The number of amides is 1. The van der Waals surface area contributed by atoms with Gasteiger partial charge in [-0.3, -0.25) is 4.79 Å². The summed E-state index contributed by atoms with van der Waals surface area (Å²) < 4.78 is 43.2. The fraction of sp³-hybridized carbons (Fsp3) is 0.444. The molecule has 0 aliphatic carbocycles.